The standard InChI is InChI=1S/C19H15BrFN3O4/c1-26-17-6-11-13(8-22-17)18(23-9-14(11)20)28-19(25)24-7-12-10-4-5-27-16(10)3-2-15(12)21/h2-3,6,8-9H,4-5,7H2,1H3,(H,24,25). The zero-order valence-corrected chi connectivity index (χ0v) is 16.4. The highest BCUT2D eigenvalue weighted by Gasteiger charge is 2.20. The van der Waals surface area contributed by atoms with Gasteiger partial charge in [-0.25, -0.2) is 19.2 Å². The van der Waals surface area contributed by atoms with Crippen LogP contribution >= 0.6 is 15.9 Å². The molecule has 28 heavy (non-hydrogen) atoms. The van der Waals surface area contributed by atoms with E-state index in [0.29, 0.717) is 40.1 Å². The van der Waals surface area contributed by atoms with E-state index in [1.807, 2.05) is 0 Å². The minimum atomic E-state index is -0.747. The number of nitrogens with zero attached hydrogens (tertiary/aromatic N) is 2. The van der Waals surface area contributed by atoms with Crippen LogP contribution in [0.4, 0.5) is 9.18 Å². The van der Waals surface area contributed by atoms with Crippen molar-refractivity contribution in [2.75, 3.05) is 13.7 Å². The fourth-order valence-corrected chi connectivity index (χ4v) is 3.47. The molecule has 0 saturated carbocycles. The summed E-state index contributed by atoms with van der Waals surface area (Å²) in [5, 5.41) is 3.83. The van der Waals surface area contributed by atoms with Crippen molar-refractivity contribution >= 4 is 32.8 Å². The number of hydrogen-bond acceptors (Lipinski definition) is 6. The van der Waals surface area contributed by atoms with Crippen LogP contribution in [-0.4, -0.2) is 29.8 Å². The highest BCUT2D eigenvalue weighted by molar-refractivity contribution is 9.10. The number of carbonyl (C=O) groups excluding carboxylic acids is 1. The lowest BCUT2D eigenvalue weighted by Gasteiger charge is -2.11. The van der Waals surface area contributed by atoms with E-state index in [-0.39, 0.29) is 12.4 Å². The van der Waals surface area contributed by atoms with Crippen molar-refractivity contribution in [1.82, 2.24) is 15.3 Å². The van der Waals surface area contributed by atoms with Gasteiger partial charge in [0.2, 0.25) is 11.8 Å². The van der Waals surface area contributed by atoms with Crippen LogP contribution in [0.15, 0.2) is 35.1 Å². The number of nitrogens with one attached hydrogen (secondary N) is 1. The molecule has 1 aliphatic heterocycles. The minimum absolute atomic E-state index is 0.0161. The number of halogens is 2. The number of aromatic nitrogens is 2. The van der Waals surface area contributed by atoms with E-state index in [0.717, 1.165) is 10.9 Å². The molecule has 2 aromatic heterocycles. The van der Waals surface area contributed by atoms with Crippen LogP contribution in [0.5, 0.6) is 17.5 Å². The Balaban J connectivity index is 1.52. The van der Waals surface area contributed by atoms with Gasteiger partial charge in [-0.15, -0.1) is 0 Å². The lowest BCUT2D eigenvalue weighted by Crippen LogP contribution is -2.27. The average Bonchev–Trinajstić information content (AvgIpc) is 3.18. The largest absolute Gasteiger partial charge is 0.493 e. The summed E-state index contributed by atoms with van der Waals surface area (Å²) in [6.07, 6.45) is 2.88. The Morgan fingerprint density at radius 2 is 2.18 bits per heavy atom. The molecular weight excluding hydrogens is 433 g/mol. The van der Waals surface area contributed by atoms with Crippen molar-refractivity contribution in [2.24, 2.45) is 0 Å². The molecule has 0 fully saturated rings. The Kier molecular flexibility index (Phi) is 4.99. The van der Waals surface area contributed by atoms with Crippen LogP contribution in [0, 0.1) is 5.82 Å². The van der Waals surface area contributed by atoms with Crippen molar-refractivity contribution in [3.8, 4) is 17.5 Å². The first-order chi connectivity index (χ1) is 13.6. The van der Waals surface area contributed by atoms with Crippen molar-refractivity contribution < 1.29 is 23.4 Å². The van der Waals surface area contributed by atoms with Crippen molar-refractivity contribution in [3.05, 3.63) is 52.0 Å². The summed E-state index contributed by atoms with van der Waals surface area (Å²) in [4.78, 5) is 20.5. The first-order valence-corrected chi connectivity index (χ1v) is 9.23. The van der Waals surface area contributed by atoms with Crippen LogP contribution in [0.1, 0.15) is 11.1 Å². The van der Waals surface area contributed by atoms with Crippen LogP contribution in [0.25, 0.3) is 10.8 Å². The molecule has 0 radical (unpaired) electrons. The van der Waals surface area contributed by atoms with E-state index in [1.54, 1.807) is 12.1 Å². The monoisotopic (exact) mass is 447 g/mol. The normalized spacial score (nSPS) is 12.4. The van der Waals surface area contributed by atoms with Gasteiger partial charge in [0, 0.05) is 52.4 Å². The van der Waals surface area contributed by atoms with Crippen LogP contribution in [0.3, 0.4) is 0 Å². The summed E-state index contributed by atoms with van der Waals surface area (Å²) in [7, 11) is 1.51. The molecule has 0 atom stereocenters. The lowest BCUT2D eigenvalue weighted by molar-refractivity contribution is 0.198. The highest BCUT2D eigenvalue weighted by Crippen LogP contribution is 2.32. The van der Waals surface area contributed by atoms with Gasteiger partial charge in [-0.1, -0.05) is 0 Å². The topological polar surface area (TPSA) is 82.6 Å². The van der Waals surface area contributed by atoms with Gasteiger partial charge in [0.05, 0.1) is 19.1 Å². The number of methoxy groups -OCH3 is 1. The van der Waals surface area contributed by atoms with Gasteiger partial charge in [0.25, 0.3) is 0 Å². The fraction of sp³-hybridized carbons (Fsp3) is 0.211. The molecule has 0 bridgehead atoms. The summed E-state index contributed by atoms with van der Waals surface area (Å²) in [6.45, 7) is 0.485. The fourth-order valence-electron chi connectivity index (χ4n) is 3.04. The summed E-state index contributed by atoms with van der Waals surface area (Å²) in [6, 6.07) is 4.63. The van der Waals surface area contributed by atoms with Crippen LogP contribution in [0.2, 0.25) is 0 Å². The van der Waals surface area contributed by atoms with Gasteiger partial charge in [-0.3, -0.25) is 0 Å². The molecule has 4 rings (SSSR count). The summed E-state index contributed by atoms with van der Waals surface area (Å²) < 4.78 is 30.7. The van der Waals surface area contributed by atoms with E-state index < -0.39 is 11.9 Å². The van der Waals surface area contributed by atoms with E-state index in [9.17, 15) is 9.18 Å². The van der Waals surface area contributed by atoms with Gasteiger partial charge in [0.15, 0.2) is 0 Å². The first-order valence-electron chi connectivity index (χ1n) is 8.44. The zero-order valence-electron chi connectivity index (χ0n) is 14.8. The van der Waals surface area contributed by atoms with E-state index in [2.05, 4.69) is 31.2 Å². The number of amides is 1. The Labute approximate surface area is 168 Å². The maximum Gasteiger partial charge on any atom is 0.414 e. The maximum atomic E-state index is 14.2. The number of rotatable bonds is 4. The van der Waals surface area contributed by atoms with Gasteiger partial charge in [-0.05, 0) is 28.1 Å². The predicted octanol–water partition coefficient (Wildman–Crippen LogP) is 3.76. The van der Waals surface area contributed by atoms with Gasteiger partial charge < -0.3 is 19.5 Å². The third-order valence-corrected chi connectivity index (χ3v) is 5.04. The predicted molar refractivity (Wildman–Crippen MR) is 102 cm³/mol. The smallest absolute Gasteiger partial charge is 0.414 e. The quantitative estimate of drug-likeness (QED) is 0.655. The number of ether oxygens (including phenoxy) is 3. The lowest BCUT2D eigenvalue weighted by atomic mass is 10.0. The molecule has 0 aliphatic carbocycles. The molecule has 1 N–H and O–H groups in total. The first kappa shape index (κ1) is 18.4. The number of benzene rings is 1. The second-order valence-corrected chi connectivity index (χ2v) is 6.88. The maximum absolute atomic E-state index is 14.2. The summed E-state index contributed by atoms with van der Waals surface area (Å²) in [5.74, 6) is 0.763. The molecule has 0 saturated heterocycles. The Morgan fingerprint density at radius 1 is 1.32 bits per heavy atom. The molecule has 144 valence electrons. The highest BCUT2D eigenvalue weighted by atomic mass is 79.9. The van der Waals surface area contributed by atoms with Gasteiger partial charge in [-0.2, -0.15) is 0 Å². The summed E-state index contributed by atoms with van der Waals surface area (Å²) >= 11 is 3.40. The molecule has 3 heterocycles. The zero-order chi connectivity index (χ0) is 19.7. The van der Waals surface area contributed by atoms with Crippen LogP contribution in [-0.2, 0) is 13.0 Å². The number of fused-ring (bicyclic) bond motifs is 2. The molecule has 0 spiro atoms. The molecule has 7 nitrogen and oxygen atoms in total. The molecule has 0 unspecified atom stereocenters. The van der Waals surface area contributed by atoms with E-state index in [1.165, 1.54) is 25.6 Å². The number of pyridine rings is 2. The third kappa shape index (κ3) is 3.45. The molecule has 1 amide bonds. The van der Waals surface area contributed by atoms with Crippen molar-refractivity contribution in [3.63, 3.8) is 0 Å². The second-order valence-electron chi connectivity index (χ2n) is 6.03. The SMILES string of the molecule is COc1cc2c(Br)cnc(OC(=O)NCc3c(F)ccc4c3CCO4)c2cn1. The minimum Gasteiger partial charge on any atom is -0.493 e. The van der Waals surface area contributed by atoms with E-state index >= 15 is 0 Å². The van der Waals surface area contributed by atoms with Gasteiger partial charge >= 0.3 is 6.09 Å². The van der Waals surface area contributed by atoms with Crippen molar-refractivity contribution in [2.45, 2.75) is 13.0 Å². The van der Waals surface area contributed by atoms with E-state index in [4.69, 9.17) is 14.2 Å². The second kappa shape index (κ2) is 7.59. The van der Waals surface area contributed by atoms with Crippen molar-refractivity contribution in [1.29, 1.82) is 0 Å². The molecular formula is C19H15BrFN3O4. The number of carbonyl (C=O) groups is 1. The Hall–Kier alpha value is -2.94. The molecule has 3 aromatic rings. The summed E-state index contributed by atoms with van der Waals surface area (Å²) in [5.41, 5.74) is 1.16. The van der Waals surface area contributed by atoms with Crippen LogP contribution < -0.4 is 19.5 Å². The average molecular weight is 448 g/mol. The molecule has 1 aliphatic rings. The van der Waals surface area contributed by atoms with Gasteiger partial charge in [0.1, 0.15) is 11.6 Å². The Bertz CT molecular complexity index is 1080. The number of hydrogen-bond donors (Lipinski definition) is 1. The third-order valence-electron chi connectivity index (χ3n) is 4.41. The molecule has 9 heteroatoms. The molecule has 1 aromatic carbocycles. The Morgan fingerprint density at radius 3 is 3.00 bits per heavy atom.